The van der Waals surface area contributed by atoms with Crippen LogP contribution in [0.1, 0.15) is 90.9 Å². The zero-order valence-electron chi connectivity index (χ0n) is 19.8. The van der Waals surface area contributed by atoms with Crippen LogP contribution >= 0.6 is 0 Å². The summed E-state index contributed by atoms with van der Waals surface area (Å²) in [6, 6.07) is 1.91. The topological polar surface area (TPSA) is 87.2 Å². The Hall–Kier alpha value is -2.64. The summed E-state index contributed by atoms with van der Waals surface area (Å²) in [7, 11) is 0. The molecule has 0 amide bonds. The minimum Gasteiger partial charge on any atom is -0.252 e. The van der Waals surface area contributed by atoms with E-state index in [1.807, 2.05) is 27.8 Å². The van der Waals surface area contributed by atoms with Crippen LogP contribution in [0.15, 0.2) is 24.8 Å². The summed E-state index contributed by atoms with van der Waals surface area (Å²) < 4.78 is 3.82. The van der Waals surface area contributed by atoms with Crippen LogP contribution in [0.3, 0.4) is 0 Å². The molecule has 174 valence electrons. The van der Waals surface area contributed by atoms with Gasteiger partial charge in [0.15, 0.2) is 0 Å². The third-order valence-electron chi connectivity index (χ3n) is 5.75. The highest BCUT2D eigenvalue weighted by Gasteiger charge is 2.11. The van der Waals surface area contributed by atoms with Gasteiger partial charge in [0, 0.05) is 13.1 Å². The number of rotatable bonds is 16. The van der Waals surface area contributed by atoms with Gasteiger partial charge in [-0.2, -0.15) is 0 Å². The van der Waals surface area contributed by atoms with Crippen LogP contribution in [0.5, 0.6) is 0 Å². The average Bonchev–Trinajstić information content (AvgIpc) is 3.49. The van der Waals surface area contributed by atoms with E-state index < -0.39 is 0 Å². The van der Waals surface area contributed by atoms with Gasteiger partial charge >= 0.3 is 0 Å². The second-order valence-corrected chi connectivity index (χ2v) is 8.56. The lowest BCUT2D eigenvalue weighted by Gasteiger charge is -2.01. The Morgan fingerprint density at radius 3 is 1.47 bits per heavy atom. The molecule has 3 aromatic heterocycles. The fourth-order valence-corrected chi connectivity index (χ4v) is 3.80. The van der Waals surface area contributed by atoms with E-state index in [1.165, 1.54) is 64.2 Å². The first-order valence-electron chi connectivity index (χ1n) is 12.4. The monoisotopic (exact) mass is 438 g/mol. The smallest absolute Gasteiger partial charge is 0.131 e. The molecule has 8 nitrogen and oxygen atoms in total. The van der Waals surface area contributed by atoms with E-state index in [0.29, 0.717) is 0 Å². The van der Waals surface area contributed by atoms with Gasteiger partial charge in [0.25, 0.3) is 0 Å². The predicted octanol–water partition coefficient (Wildman–Crippen LogP) is 5.71. The van der Waals surface area contributed by atoms with Crippen LogP contribution in [0.25, 0.3) is 22.8 Å². The van der Waals surface area contributed by atoms with Crippen molar-refractivity contribution < 1.29 is 0 Å². The standard InChI is InChI=1S/C24H38N8/c1-3-5-7-9-11-13-15-31-18-23(27-29-31)21-17-22(26-20-25-21)24-19-32(30-28-24)16-14-12-10-8-6-4-2/h17-20H,3-16H2,1-2H3. The Balaban J connectivity index is 1.50. The summed E-state index contributed by atoms with van der Waals surface area (Å²) in [5, 5.41) is 17.1. The first-order chi connectivity index (χ1) is 15.8. The maximum atomic E-state index is 4.39. The lowest BCUT2D eigenvalue weighted by atomic mass is 10.1. The molecular formula is C24H38N8. The Kier molecular flexibility index (Phi) is 10.3. The maximum absolute atomic E-state index is 4.39. The van der Waals surface area contributed by atoms with Gasteiger partial charge in [0.2, 0.25) is 0 Å². The van der Waals surface area contributed by atoms with E-state index in [1.54, 1.807) is 6.33 Å². The molecule has 0 spiro atoms. The molecule has 0 saturated carbocycles. The van der Waals surface area contributed by atoms with Gasteiger partial charge in [-0.25, -0.2) is 9.97 Å². The maximum Gasteiger partial charge on any atom is 0.131 e. The van der Waals surface area contributed by atoms with Crippen molar-refractivity contribution in [3.8, 4) is 22.8 Å². The van der Waals surface area contributed by atoms with Crippen molar-refractivity contribution in [1.29, 1.82) is 0 Å². The molecule has 8 heteroatoms. The predicted molar refractivity (Wildman–Crippen MR) is 127 cm³/mol. The van der Waals surface area contributed by atoms with E-state index in [4.69, 9.17) is 0 Å². The van der Waals surface area contributed by atoms with Crippen molar-refractivity contribution in [2.75, 3.05) is 0 Å². The van der Waals surface area contributed by atoms with Crippen molar-refractivity contribution in [2.24, 2.45) is 0 Å². The number of aryl methyl sites for hydroxylation is 2. The van der Waals surface area contributed by atoms with Crippen LogP contribution in [-0.4, -0.2) is 40.0 Å². The molecule has 0 aliphatic carbocycles. The van der Waals surface area contributed by atoms with Gasteiger partial charge in [-0.3, -0.25) is 9.36 Å². The largest absolute Gasteiger partial charge is 0.252 e. The molecule has 32 heavy (non-hydrogen) atoms. The summed E-state index contributed by atoms with van der Waals surface area (Å²) in [5.74, 6) is 0. The number of hydrogen-bond donors (Lipinski definition) is 0. The zero-order chi connectivity index (χ0) is 22.4. The SMILES string of the molecule is CCCCCCCCn1cc(-c2cc(-c3cn(CCCCCCCC)nn3)ncn2)nn1. The van der Waals surface area contributed by atoms with Crippen molar-refractivity contribution in [3.05, 3.63) is 24.8 Å². The highest BCUT2D eigenvalue weighted by atomic mass is 15.4. The molecule has 0 radical (unpaired) electrons. The summed E-state index contributed by atoms with van der Waals surface area (Å²) in [5.41, 5.74) is 3.04. The molecule has 3 aromatic rings. The molecule has 0 aliphatic rings. The second-order valence-electron chi connectivity index (χ2n) is 8.56. The normalized spacial score (nSPS) is 11.3. The first kappa shape index (κ1) is 24.0. The van der Waals surface area contributed by atoms with E-state index in [9.17, 15) is 0 Å². The minimum atomic E-state index is 0.759. The quantitative estimate of drug-likeness (QED) is 0.266. The molecule has 0 N–H and O–H groups in total. The Morgan fingerprint density at radius 1 is 0.562 bits per heavy atom. The molecule has 0 aromatic carbocycles. The van der Waals surface area contributed by atoms with Gasteiger partial charge in [0.05, 0.1) is 23.8 Å². The fourth-order valence-electron chi connectivity index (χ4n) is 3.80. The molecule has 0 saturated heterocycles. The summed E-state index contributed by atoms with van der Waals surface area (Å²) in [4.78, 5) is 8.78. The highest BCUT2D eigenvalue weighted by Crippen LogP contribution is 2.20. The van der Waals surface area contributed by atoms with Crippen LogP contribution < -0.4 is 0 Å². The third kappa shape index (κ3) is 7.80. The van der Waals surface area contributed by atoms with Crippen molar-refractivity contribution in [2.45, 2.75) is 104 Å². The second kappa shape index (κ2) is 13.7. The van der Waals surface area contributed by atoms with E-state index in [-0.39, 0.29) is 0 Å². The van der Waals surface area contributed by atoms with Gasteiger partial charge in [-0.15, -0.1) is 10.2 Å². The number of hydrogen-bond acceptors (Lipinski definition) is 6. The first-order valence-corrected chi connectivity index (χ1v) is 12.4. The third-order valence-corrected chi connectivity index (χ3v) is 5.75. The van der Waals surface area contributed by atoms with Crippen LogP contribution in [0, 0.1) is 0 Å². The molecule has 3 rings (SSSR count). The lowest BCUT2D eigenvalue weighted by molar-refractivity contribution is 0.516. The summed E-state index contributed by atoms with van der Waals surface area (Å²) in [6.45, 7) is 6.27. The Bertz CT molecular complexity index is 831. The van der Waals surface area contributed by atoms with Gasteiger partial charge in [-0.05, 0) is 18.9 Å². The van der Waals surface area contributed by atoms with Crippen molar-refractivity contribution in [1.82, 2.24) is 40.0 Å². The van der Waals surface area contributed by atoms with Crippen molar-refractivity contribution >= 4 is 0 Å². The summed E-state index contributed by atoms with van der Waals surface area (Å²) >= 11 is 0. The fraction of sp³-hybridized carbons (Fsp3) is 0.667. The average molecular weight is 439 g/mol. The Labute approximate surface area is 191 Å². The molecule has 0 bridgehead atoms. The van der Waals surface area contributed by atoms with Gasteiger partial charge < -0.3 is 0 Å². The minimum absolute atomic E-state index is 0.759. The van der Waals surface area contributed by atoms with E-state index in [0.717, 1.165) is 48.7 Å². The number of aromatic nitrogens is 8. The number of unbranched alkanes of at least 4 members (excludes halogenated alkanes) is 10. The van der Waals surface area contributed by atoms with Crippen LogP contribution in [0.4, 0.5) is 0 Å². The highest BCUT2D eigenvalue weighted by molar-refractivity contribution is 5.61. The number of nitrogens with zero attached hydrogens (tertiary/aromatic N) is 8. The summed E-state index contributed by atoms with van der Waals surface area (Å²) in [6.07, 6.45) is 20.7. The van der Waals surface area contributed by atoms with Crippen LogP contribution in [-0.2, 0) is 13.1 Å². The molecule has 0 atom stereocenters. The Morgan fingerprint density at radius 2 is 1.00 bits per heavy atom. The molecule has 0 unspecified atom stereocenters. The van der Waals surface area contributed by atoms with E-state index in [2.05, 4.69) is 44.4 Å². The molecular weight excluding hydrogens is 400 g/mol. The van der Waals surface area contributed by atoms with Crippen LogP contribution in [0.2, 0.25) is 0 Å². The lowest BCUT2D eigenvalue weighted by Crippen LogP contribution is -1.98. The molecule has 0 fully saturated rings. The van der Waals surface area contributed by atoms with Gasteiger partial charge in [-0.1, -0.05) is 88.5 Å². The van der Waals surface area contributed by atoms with Crippen molar-refractivity contribution in [3.63, 3.8) is 0 Å². The van der Waals surface area contributed by atoms with E-state index >= 15 is 0 Å². The molecule has 3 heterocycles. The zero-order valence-corrected chi connectivity index (χ0v) is 19.8. The van der Waals surface area contributed by atoms with Gasteiger partial charge in [0.1, 0.15) is 17.7 Å². The molecule has 0 aliphatic heterocycles.